The van der Waals surface area contributed by atoms with Crippen LogP contribution in [0.4, 0.5) is 0 Å². The molecule has 3 rings (SSSR count). The third-order valence-corrected chi connectivity index (χ3v) is 3.70. The predicted molar refractivity (Wildman–Crippen MR) is 83.7 cm³/mol. The smallest absolute Gasteiger partial charge is 0.246 e. The number of carbonyl (C=O) groups is 1. The first-order valence-corrected chi connectivity index (χ1v) is 7.36. The summed E-state index contributed by atoms with van der Waals surface area (Å²) in [6.07, 6.45) is 5.44. The molecule has 1 N–H and O–H groups in total. The van der Waals surface area contributed by atoms with Crippen molar-refractivity contribution in [2.24, 2.45) is 5.10 Å². The molecular weight excluding hydrogens is 298 g/mol. The van der Waals surface area contributed by atoms with Gasteiger partial charge in [-0.05, 0) is 17.7 Å². The lowest BCUT2D eigenvalue weighted by Crippen LogP contribution is -2.19. The van der Waals surface area contributed by atoms with Gasteiger partial charge in [-0.3, -0.25) is 9.20 Å². The molecule has 0 aliphatic heterocycles. The van der Waals surface area contributed by atoms with Crippen LogP contribution in [0.2, 0.25) is 0 Å². The van der Waals surface area contributed by atoms with Crippen LogP contribution in [-0.4, -0.2) is 21.5 Å². The highest BCUT2D eigenvalue weighted by molar-refractivity contribution is 7.15. The minimum atomic E-state index is -0.226. The highest BCUT2D eigenvalue weighted by atomic mass is 32.1. The molecule has 2 heterocycles. The van der Waals surface area contributed by atoms with Gasteiger partial charge in [-0.25, -0.2) is 10.4 Å². The second-order valence-corrected chi connectivity index (χ2v) is 5.40. The molecule has 0 bridgehead atoms. The molecule has 1 amide bonds. The van der Waals surface area contributed by atoms with Crippen molar-refractivity contribution in [3.8, 4) is 6.07 Å². The topological polar surface area (TPSA) is 82.5 Å². The van der Waals surface area contributed by atoms with Crippen LogP contribution in [0.1, 0.15) is 16.8 Å². The lowest BCUT2D eigenvalue weighted by molar-refractivity contribution is -0.120. The number of hydrogen-bond acceptors (Lipinski definition) is 5. The number of hydrazone groups is 1. The maximum Gasteiger partial charge on any atom is 0.246 e. The van der Waals surface area contributed by atoms with Gasteiger partial charge in [0.1, 0.15) is 0 Å². The molecule has 22 heavy (non-hydrogen) atoms. The van der Waals surface area contributed by atoms with Crippen molar-refractivity contribution >= 4 is 28.4 Å². The molecule has 108 valence electrons. The van der Waals surface area contributed by atoms with Crippen LogP contribution in [0.5, 0.6) is 0 Å². The van der Waals surface area contributed by atoms with E-state index < -0.39 is 0 Å². The maximum atomic E-state index is 11.8. The number of benzene rings is 1. The minimum Gasteiger partial charge on any atom is -0.297 e. The average Bonchev–Trinajstić information content (AvgIpc) is 3.09. The largest absolute Gasteiger partial charge is 0.297 e. The predicted octanol–water partition coefficient (Wildman–Crippen LogP) is 1.96. The maximum absolute atomic E-state index is 11.8. The normalized spacial score (nSPS) is 10.9. The van der Waals surface area contributed by atoms with Crippen LogP contribution in [0.25, 0.3) is 4.96 Å². The second-order valence-electron chi connectivity index (χ2n) is 4.53. The van der Waals surface area contributed by atoms with Crippen LogP contribution >= 0.6 is 11.3 Å². The molecule has 7 heteroatoms. The van der Waals surface area contributed by atoms with Gasteiger partial charge in [-0.15, -0.1) is 11.3 Å². The Kier molecular flexibility index (Phi) is 3.94. The molecule has 6 nitrogen and oxygen atoms in total. The average molecular weight is 309 g/mol. The first-order valence-electron chi connectivity index (χ1n) is 6.48. The van der Waals surface area contributed by atoms with E-state index in [1.54, 1.807) is 24.3 Å². The number of nitrogens with zero attached hydrogens (tertiary/aromatic N) is 4. The molecule has 0 aliphatic carbocycles. The fraction of sp³-hybridized carbons (Fsp3) is 0.0667. The van der Waals surface area contributed by atoms with Gasteiger partial charge in [0.25, 0.3) is 0 Å². The summed E-state index contributed by atoms with van der Waals surface area (Å²) in [5, 5.41) is 14.5. The van der Waals surface area contributed by atoms with Crippen LogP contribution < -0.4 is 5.43 Å². The summed E-state index contributed by atoms with van der Waals surface area (Å²) < 4.78 is 1.88. The van der Waals surface area contributed by atoms with E-state index in [4.69, 9.17) is 5.26 Å². The fourth-order valence-corrected chi connectivity index (χ4v) is 2.61. The van der Waals surface area contributed by atoms with Gasteiger partial charge in [0.05, 0.1) is 30.0 Å². The van der Waals surface area contributed by atoms with E-state index in [2.05, 4.69) is 15.5 Å². The first kappa shape index (κ1) is 14.0. The molecule has 0 spiro atoms. The SMILES string of the molecule is N#Cc1ccc(C=NNC(=O)Cc2cn3ccsc3n2)cc1. The van der Waals surface area contributed by atoms with E-state index >= 15 is 0 Å². The van der Waals surface area contributed by atoms with Gasteiger partial charge in [-0.1, -0.05) is 12.1 Å². The van der Waals surface area contributed by atoms with Crippen molar-refractivity contribution in [2.45, 2.75) is 6.42 Å². The summed E-state index contributed by atoms with van der Waals surface area (Å²) in [6, 6.07) is 8.96. The number of nitrogens with one attached hydrogen (secondary N) is 1. The van der Waals surface area contributed by atoms with Gasteiger partial charge in [0.15, 0.2) is 4.96 Å². The van der Waals surface area contributed by atoms with Crippen molar-refractivity contribution < 1.29 is 4.79 Å². The molecule has 0 fully saturated rings. The van der Waals surface area contributed by atoms with Gasteiger partial charge >= 0.3 is 0 Å². The van der Waals surface area contributed by atoms with Crippen LogP contribution in [0.3, 0.4) is 0 Å². The highest BCUT2D eigenvalue weighted by Crippen LogP contribution is 2.11. The number of aromatic nitrogens is 2. The van der Waals surface area contributed by atoms with Crippen molar-refractivity contribution in [1.82, 2.24) is 14.8 Å². The summed E-state index contributed by atoms with van der Waals surface area (Å²) in [5.41, 5.74) is 4.56. The number of amides is 1. The van der Waals surface area contributed by atoms with E-state index in [0.717, 1.165) is 10.5 Å². The Morgan fingerprint density at radius 1 is 1.45 bits per heavy atom. The number of thiazole rings is 1. The monoisotopic (exact) mass is 309 g/mol. The molecule has 0 unspecified atom stereocenters. The molecule has 0 saturated carbocycles. The van der Waals surface area contributed by atoms with Crippen molar-refractivity contribution in [3.63, 3.8) is 0 Å². The van der Waals surface area contributed by atoms with E-state index in [1.165, 1.54) is 17.6 Å². The highest BCUT2D eigenvalue weighted by Gasteiger charge is 2.07. The Labute approximate surface area is 130 Å². The number of nitriles is 1. The van der Waals surface area contributed by atoms with E-state index in [9.17, 15) is 4.79 Å². The Morgan fingerprint density at radius 2 is 2.27 bits per heavy atom. The number of hydrogen-bond donors (Lipinski definition) is 1. The molecule has 0 aliphatic rings. The molecule has 0 saturated heterocycles. The zero-order chi connectivity index (χ0) is 15.4. The molecular formula is C15H11N5OS. The van der Waals surface area contributed by atoms with E-state index in [1.807, 2.05) is 28.2 Å². The molecule has 0 radical (unpaired) electrons. The Bertz CT molecular complexity index is 841. The number of fused-ring (bicyclic) bond motifs is 1. The van der Waals surface area contributed by atoms with Gasteiger partial charge < -0.3 is 0 Å². The number of rotatable bonds is 4. The fourth-order valence-electron chi connectivity index (χ4n) is 1.89. The van der Waals surface area contributed by atoms with Crippen molar-refractivity contribution in [2.75, 3.05) is 0 Å². The number of imidazole rings is 1. The van der Waals surface area contributed by atoms with Crippen molar-refractivity contribution in [3.05, 3.63) is 58.9 Å². The third kappa shape index (κ3) is 3.19. The lowest BCUT2D eigenvalue weighted by Gasteiger charge is -1.97. The van der Waals surface area contributed by atoms with Gasteiger partial charge in [0, 0.05) is 17.8 Å². The molecule has 3 aromatic rings. The zero-order valence-electron chi connectivity index (χ0n) is 11.4. The Balaban J connectivity index is 1.56. The summed E-state index contributed by atoms with van der Waals surface area (Å²) in [7, 11) is 0. The number of carbonyl (C=O) groups excluding carboxylic acids is 1. The summed E-state index contributed by atoms with van der Waals surface area (Å²) in [4.78, 5) is 17.0. The molecule has 1 aromatic carbocycles. The van der Waals surface area contributed by atoms with Crippen LogP contribution in [-0.2, 0) is 11.2 Å². The van der Waals surface area contributed by atoms with Crippen molar-refractivity contribution in [1.29, 1.82) is 5.26 Å². The standard InChI is InChI=1S/C15H11N5OS/c16-8-11-1-3-12(4-2-11)9-17-19-14(21)7-13-10-20-5-6-22-15(20)18-13/h1-6,9-10H,7H2,(H,19,21). The summed E-state index contributed by atoms with van der Waals surface area (Å²) >= 11 is 1.52. The molecule has 2 aromatic heterocycles. The quantitative estimate of drug-likeness (QED) is 0.591. The lowest BCUT2D eigenvalue weighted by atomic mass is 10.2. The van der Waals surface area contributed by atoms with Crippen LogP contribution in [0, 0.1) is 11.3 Å². The van der Waals surface area contributed by atoms with E-state index in [0.29, 0.717) is 11.3 Å². The third-order valence-electron chi connectivity index (χ3n) is 2.93. The Hall–Kier alpha value is -2.98. The molecule has 0 atom stereocenters. The first-order chi connectivity index (χ1) is 10.7. The van der Waals surface area contributed by atoms with Crippen LogP contribution in [0.15, 0.2) is 47.1 Å². The summed E-state index contributed by atoms with van der Waals surface area (Å²) in [5.74, 6) is -0.226. The van der Waals surface area contributed by atoms with E-state index in [-0.39, 0.29) is 12.3 Å². The van der Waals surface area contributed by atoms with Gasteiger partial charge in [-0.2, -0.15) is 10.4 Å². The summed E-state index contributed by atoms with van der Waals surface area (Å²) in [6.45, 7) is 0. The minimum absolute atomic E-state index is 0.180. The second kappa shape index (κ2) is 6.20. The van der Waals surface area contributed by atoms with Gasteiger partial charge in [0.2, 0.25) is 5.91 Å². The Morgan fingerprint density at radius 3 is 3.00 bits per heavy atom. The zero-order valence-corrected chi connectivity index (χ0v) is 12.2.